The maximum Gasteiger partial charge on any atom is 0.142 e. The molecule has 1 atom stereocenters. The Bertz CT molecular complexity index is 1430. The van der Waals surface area contributed by atoms with Crippen molar-refractivity contribution < 1.29 is 4.74 Å². The molecule has 0 bridgehead atoms. The zero-order valence-corrected chi connectivity index (χ0v) is 23.5. The van der Waals surface area contributed by atoms with E-state index in [1.165, 1.54) is 31.4 Å². The summed E-state index contributed by atoms with van der Waals surface area (Å²) in [6.07, 6.45) is 7.56. The van der Waals surface area contributed by atoms with Crippen molar-refractivity contribution in [2.24, 2.45) is 0 Å². The van der Waals surface area contributed by atoms with Gasteiger partial charge in [-0.05, 0) is 55.2 Å². The number of ether oxygens (including phenoxy) is 1. The molecule has 1 saturated heterocycles. The van der Waals surface area contributed by atoms with Crippen LogP contribution in [0.4, 0.5) is 0 Å². The quantitative estimate of drug-likeness (QED) is 0.188. The summed E-state index contributed by atoms with van der Waals surface area (Å²) in [7, 11) is -1.17. The molecule has 0 radical (unpaired) electrons. The third-order valence-electron chi connectivity index (χ3n) is 7.57. The van der Waals surface area contributed by atoms with Gasteiger partial charge in [0.25, 0.3) is 0 Å². The highest BCUT2D eigenvalue weighted by atomic mass is 28.3. The van der Waals surface area contributed by atoms with Crippen LogP contribution in [-0.2, 0) is 11.5 Å². The molecule has 0 saturated carbocycles. The Balaban J connectivity index is 1.48. The Morgan fingerprint density at radius 1 is 1.03 bits per heavy atom. The number of benzene rings is 1. The van der Waals surface area contributed by atoms with Crippen molar-refractivity contribution in [2.45, 2.75) is 64.6 Å². The van der Waals surface area contributed by atoms with E-state index in [2.05, 4.69) is 77.4 Å². The number of pyridine rings is 2. The SMILES string of the molecule is CCN1CCCCC1c1ccc(-c2cnc3c(c2)c2cc(C#N)ncc2n3COCC[Si](C)(C)C)cc1. The minimum atomic E-state index is -1.17. The van der Waals surface area contributed by atoms with Crippen molar-refractivity contribution >= 4 is 30.0 Å². The smallest absolute Gasteiger partial charge is 0.142 e. The summed E-state index contributed by atoms with van der Waals surface area (Å²) in [6.45, 7) is 12.8. The average Bonchev–Trinajstić information content (AvgIpc) is 3.22. The van der Waals surface area contributed by atoms with Gasteiger partial charge < -0.3 is 4.74 Å². The zero-order valence-electron chi connectivity index (χ0n) is 22.5. The summed E-state index contributed by atoms with van der Waals surface area (Å²) in [6, 6.07) is 16.9. The molecule has 0 amide bonds. The molecule has 37 heavy (non-hydrogen) atoms. The lowest BCUT2D eigenvalue weighted by Crippen LogP contribution is -2.33. The molecule has 7 heteroatoms. The molecule has 6 nitrogen and oxygen atoms in total. The van der Waals surface area contributed by atoms with Crippen molar-refractivity contribution in [1.29, 1.82) is 5.26 Å². The van der Waals surface area contributed by atoms with E-state index < -0.39 is 8.07 Å². The van der Waals surface area contributed by atoms with Crippen molar-refractivity contribution in [2.75, 3.05) is 19.7 Å². The van der Waals surface area contributed by atoms with Crippen LogP contribution in [0.25, 0.3) is 33.1 Å². The first-order valence-corrected chi connectivity index (χ1v) is 17.2. The lowest BCUT2D eigenvalue weighted by Gasteiger charge is -2.35. The predicted octanol–water partition coefficient (Wildman–Crippen LogP) is 6.98. The average molecular weight is 512 g/mol. The molecule has 192 valence electrons. The van der Waals surface area contributed by atoms with Crippen LogP contribution < -0.4 is 0 Å². The fourth-order valence-corrected chi connectivity index (χ4v) is 6.15. The second-order valence-corrected chi connectivity index (χ2v) is 17.0. The van der Waals surface area contributed by atoms with E-state index in [9.17, 15) is 5.26 Å². The first kappa shape index (κ1) is 25.6. The van der Waals surface area contributed by atoms with Crippen molar-refractivity contribution in [3.63, 3.8) is 0 Å². The van der Waals surface area contributed by atoms with Gasteiger partial charge in [0, 0.05) is 43.3 Å². The number of fused-ring (bicyclic) bond motifs is 3. The molecule has 5 rings (SSSR count). The number of rotatable bonds is 8. The molecule has 3 aromatic heterocycles. The Kier molecular flexibility index (Phi) is 7.43. The fraction of sp³-hybridized carbons (Fsp3) is 0.433. The summed E-state index contributed by atoms with van der Waals surface area (Å²) in [5, 5.41) is 11.5. The number of hydrogen-bond donors (Lipinski definition) is 0. The standard InChI is InChI=1S/C30H37N5OSi/c1-5-34-13-7-6-8-28(34)23-11-9-22(10-12-23)24-16-27-26-17-25(18-31)32-20-29(26)35(30(27)33-19-24)21-36-14-15-37(2,3)4/h9-12,16-17,19-20,28H,5-8,13-15,21H2,1-4H3. The first-order chi connectivity index (χ1) is 17.9. The largest absolute Gasteiger partial charge is 0.361 e. The van der Waals surface area contributed by atoms with E-state index in [1.54, 1.807) is 6.20 Å². The van der Waals surface area contributed by atoms with Gasteiger partial charge in [0.1, 0.15) is 24.1 Å². The van der Waals surface area contributed by atoms with Crippen LogP contribution in [0.15, 0.2) is 48.8 Å². The highest BCUT2D eigenvalue weighted by Crippen LogP contribution is 2.34. The molecular formula is C30H37N5OSi. The zero-order chi connectivity index (χ0) is 26.0. The highest BCUT2D eigenvalue weighted by molar-refractivity contribution is 6.76. The molecule has 4 aromatic rings. The van der Waals surface area contributed by atoms with Crippen LogP contribution in [0.1, 0.15) is 43.5 Å². The first-order valence-electron chi connectivity index (χ1n) is 13.5. The Morgan fingerprint density at radius 2 is 1.84 bits per heavy atom. The van der Waals surface area contributed by atoms with Gasteiger partial charge >= 0.3 is 0 Å². The maximum absolute atomic E-state index is 9.47. The van der Waals surface area contributed by atoms with Gasteiger partial charge in [-0.15, -0.1) is 0 Å². The van der Waals surface area contributed by atoms with E-state index in [4.69, 9.17) is 9.72 Å². The lowest BCUT2D eigenvalue weighted by atomic mass is 9.94. The number of aromatic nitrogens is 3. The van der Waals surface area contributed by atoms with E-state index >= 15 is 0 Å². The summed E-state index contributed by atoms with van der Waals surface area (Å²) in [5.74, 6) is 0. The van der Waals surface area contributed by atoms with Crippen LogP contribution in [0.5, 0.6) is 0 Å². The molecular weight excluding hydrogens is 474 g/mol. The number of piperidine rings is 1. The monoisotopic (exact) mass is 511 g/mol. The lowest BCUT2D eigenvalue weighted by molar-refractivity contribution is 0.0925. The topological polar surface area (TPSA) is 67.0 Å². The third-order valence-corrected chi connectivity index (χ3v) is 9.27. The number of hydrogen-bond acceptors (Lipinski definition) is 5. The Morgan fingerprint density at radius 3 is 2.57 bits per heavy atom. The Labute approximate surface area is 220 Å². The van der Waals surface area contributed by atoms with E-state index in [1.807, 2.05) is 12.3 Å². The molecule has 1 fully saturated rings. The molecule has 0 spiro atoms. The second-order valence-electron chi connectivity index (χ2n) is 11.3. The van der Waals surface area contributed by atoms with E-state index in [0.717, 1.165) is 52.3 Å². The summed E-state index contributed by atoms with van der Waals surface area (Å²) >= 11 is 0. The molecule has 0 aliphatic carbocycles. The number of likely N-dealkylation sites (tertiary alicyclic amines) is 1. The van der Waals surface area contributed by atoms with Crippen LogP contribution in [0.2, 0.25) is 25.7 Å². The molecule has 1 aliphatic rings. The molecule has 4 heterocycles. The van der Waals surface area contributed by atoms with Gasteiger partial charge in [-0.25, -0.2) is 9.97 Å². The molecule has 0 N–H and O–H groups in total. The van der Waals surface area contributed by atoms with Crippen molar-refractivity contribution in [1.82, 2.24) is 19.4 Å². The van der Waals surface area contributed by atoms with Gasteiger partial charge in [-0.1, -0.05) is 57.3 Å². The molecule has 1 aromatic carbocycles. The fourth-order valence-electron chi connectivity index (χ4n) is 5.39. The minimum Gasteiger partial charge on any atom is -0.361 e. The number of nitriles is 1. The van der Waals surface area contributed by atoms with Crippen LogP contribution in [0.3, 0.4) is 0 Å². The van der Waals surface area contributed by atoms with Gasteiger partial charge in [0.05, 0.1) is 11.7 Å². The summed E-state index contributed by atoms with van der Waals surface area (Å²) in [4.78, 5) is 11.8. The summed E-state index contributed by atoms with van der Waals surface area (Å²) in [5.41, 5.74) is 5.84. The van der Waals surface area contributed by atoms with E-state index in [-0.39, 0.29) is 0 Å². The maximum atomic E-state index is 9.47. The molecule has 1 aliphatic heterocycles. The predicted molar refractivity (Wildman–Crippen MR) is 153 cm³/mol. The Hall–Kier alpha value is -3.05. The van der Waals surface area contributed by atoms with E-state index in [0.29, 0.717) is 18.5 Å². The second kappa shape index (κ2) is 10.7. The van der Waals surface area contributed by atoms with Crippen LogP contribution in [-0.4, -0.2) is 47.2 Å². The van der Waals surface area contributed by atoms with Gasteiger partial charge in [0.2, 0.25) is 0 Å². The van der Waals surface area contributed by atoms with Gasteiger partial charge in [0.15, 0.2) is 0 Å². The van der Waals surface area contributed by atoms with Crippen LogP contribution in [0, 0.1) is 11.3 Å². The normalized spacial score (nSPS) is 16.9. The number of nitrogens with zero attached hydrogens (tertiary/aromatic N) is 5. The van der Waals surface area contributed by atoms with Gasteiger partial charge in [-0.3, -0.25) is 9.47 Å². The van der Waals surface area contributed by atoms with Crippen LogP contribution >= 0.6 is 0 Å². The van der Waals surface area contributed by atoms with Gasteiger partial charge in [-0.2, -0.15) is 5.26 Å². The summed E-state index contributed by atoms with van der Waals surface area (Å²) < 4.78 is 8.17. The van der Waals surface area contributed by atoms with Crippen molar-refractivity contribution in [3.05, 3.63) is 60.0 Å². The third kappa shape index (κ3) is 5.47. The minimum absolute atomic E-state index is 0.411. The van der Waals surface area contributed by atoms with Crippen molar-refractivity contribution in [3.8, 4) is 17.2 Å². The highest BCUT2D eigenvalue weighted by Gasteiger charge is 2.22. The molecule has 1 unspecified atom stereocenters.